The second-order valence-corrected chi connectivity index (χ2v) is 8.41. The fourth-order valence-corrected chi connectivity index (χ4v) is 4.19. The van der Waals surface area contributed by atoms with Crippen LogP contribution in [0.5, 0.6) is 0 Å². The molecule has 8 heteroatoms. The molecule has 0 spiro atoms. The maximum Gasteiger partial charge on any atom is 0.194 e. The lowest BCUT2D eigenvalue weighted by molar-refractivity contribution is 0.312. The second-order valence-electron chi connectivity index (χ2n) is 8.41. The summed E-state index contributed by atoms with van der Waals surface area (Å²) >= 11 is 0. The molecule has 2 fully saturated rings. The van der Waals surface area contributed by atoms with Gasteiger partial charge in [0.25, 0.3) is 0 Å². The molecule has 0 aliphatic carbocycles. The van der Waals surface area contributed by atoms with Crippen LogP contribution in [-0.4, -0.2) is 86.7 Å². The number of hydrogen-bond acceptors (Lipinski definition) is 5. The SMILES string of the molecule is CCNC(=NCc1ccc(N2CCN(C)CC2)nc1)N1CCN(c2ccccc2F)CC1. The molecule has 0 unspecified atom stereocenters. The molecule has 2 saturated heterocycles. The highest BCUT2D eigenvalue weighted by Gasteiger charge is 2.21. The third-order valence-corrected chi connectivity index (χ3v) is 6.16. The molecular weight excluding hydrogens is 405 g/mol. The first-order valence-corrected chi connectivity index (χ1v) is 11.5. The van der Waals surface area contributed by atoms with Gasteiger partial charge in [0, 0.05) is 65.1 Å². The summed E-state index contributed by atoms with van der Waals surface area (Å²) in [6, 6.07) is 11.2. The smallest absolute Gasteiger partial charge is 0.194 e. The number of para-hydroxylation sites is 1. The zero-order valence-electron chi connectivity index (χ0n) is 19.2. The highest BCUT2D eigenvalue weighted by molar-refractivity contribution is 5.80. The van der Waals surface area contributed by atoms with Crippen LogP contribution in [0.15, 0.2) is 47.6 Å². The first kappa shape index (κ1) is 22.3. The maximum absolute atomic E-state index is 14.1. The number of likely N-dealkylation sites (N-methyl/N-ethyl adjacent to an activating group) is 1. The molecule has 4 rings (SSSR count). The molecule has 7 nitrogen and oxygen atoms in total. The fourth-order valence-electron chi connectivity index (χ4n) is 4.19. The lowest BCUT2D eigenvalue weighted by atomic mass is 10.2. The fraction of sp³-hybridized carbons (Fsp3) is 0.500. The molecule has 0 atom stereocenters. The Morgan fingerprint density at radius 3 is 2.34 bits per heavy atom. The van der Waals surface area contributed by atoms with Gasteiger partial charge in [-0.25, -0.2) is 14.4 Å². The number of pyridine rings is 1. The monoisotopic (exact) mass is 439 g/mol. The van der Waals surface area contributed by atoms with Gasteiger partial charge in [-0.2, -0.15) is 0 Å². The normalized spacial score (nSPS) is 18.2. The van der Waals surface area contributed by atoms with E-state index in [-0.39, 0.29) is 5.82 Å². The molecular formula is C24H34FN7. The summed E-state index contributed by atoms with van der Waals surface area (Å²) in [6.45, 7) is 10.8. The van der Waals surface area contributed by atoms with Gasteiger partial charge in [-0.1, -0.05) is 18.2 Å². The van der Waals surface area contributed by atoms with E-state index in [4.69, 9.17) is 4.99 Å². The van der Waals surface area contributed by atoms with Gasteiger partial charge in [0.1, 0.15) is 11.6 Å². The molecule has 2 aliphatic heterocycles. The van der Waals surface area contributed by atoms with Gasteiger partial charge in [0.15, 0.2) is 5.96 Å². The van der Waals surface area contributed by atoms with Crippen LogP contribution in [0.25, 0.3) is 0 Å². The number of rotatable bonds is 5. The topological polar surface area (TPSA) is 50.2 Å². The number of anilines is 2. The molecule has 2 aromatic rings. The number of aliphatic imine (C=N–C) groups is 1. The van der Waals surface area contributed by atoms with Crippen LogP contribution in [0.3, 0.4) is 0 Å². The van der Waals surface area contributed by atoms with Crippen molar-refractivity contribution in [3.63, 3.8) is 0 Å². The summed E-state index contributed by atoms with van der Waals surface area (Å²) in [6.07, 6.45) is 1.94. The van der Waals surface area contributed by atoms with Crippen LogP contribution in [0.1, 0.15) is 12.5 Å². The van der Waals surface area contributed by atoms with Crippen molar-refractivity contribution in [3.05, 3.63) is 54.0 Å². The third-order valence-electron chi connectivity index (χ3n) is 6.16. The van der Waals surface area contributed by atoms with Gasteiger partial charge in [-0.05, 0) is 37.7 Å². The standard InChI is InChI=1S/C24H34FN7/c1-3-26-24(32-16-14-30(15-17-32)22-7-5-4-6-21(22)25)28-19-20-8-9-23(27-18-20)31-12-10-29(2)11-13-31/h4-9,18H,3,10-17,19H2,1-2H3,(H,26,28). The number of nitrogens with zero attached hydrogens (tertiary/aromatic N) is 6. The lowest BCUT2D eigenvalue weighted by Gasteiger charge is -2.37. The van der Waals surface area contributed by atoms with Crippen molar-refractivity contribution in [3.8, 4) is 0 Å². The van der Waals surface area contributed by atoms with Crippen LogP contribution in [-0.2, 0) is 6.54 Å². The van der Waals surface area contributed by atoms with Gasteiger partial charge in [0.2, 0.25) is 0 Å². The number of nitrogens with one attached hydrogen (secondary N) is 1. The summed E-state index contributed by atoms with van der Waals surface area (Å²) in [4.78, 5) is 18.6. The van der Waals surface area contributed by atoms with Crippen molar-refractivity contribution in [1.82, 2.24) is 20.1 Å². The minimum Gasteiger partial charge on any atom is -0.366 e. The molecule has 0 radical (unpaired) electrons. The maximum atomic E-state index is 14.1. The van der Waals surface area contributed by atoms with E-state index in [2.05, 4.69) is 56.0 Å². The summed E-state index contributed by atoms with van der Waals surface area (Å²) in [5.41, 5.74) is 1.78. The second kappa shape index (κ2) is 10.6. The molecule has 0 bridgehead atoms. The molecule has 32 heavy (non-hydrogen) atoms. The number of aromatic nitrogens is 1. The Balaban J connectivity index is 1.35. The molecule has 0 saturated carbocycles. The highest BCUT2D eigenvalue weighted by atomic mass is 19.1. The van der Waals surface area contributed by atoms with E-state index in [0.29, 0.717) is 12.2 Å². The van der Waals surface area contributed by atoms with E-state index >= 15 is 0 Å². The van der Waals surface area contributed by atoms with E-state index in [1.165, 1.54) is 6.07 Å². The Hall–Kier alpha value is -2.87. The zero-order chi connectivity index (χ0) is 22.3. The third kappa shape index (κ3) is 5.48. The number of hydrogen-bond donors (Lipinski definition) is 1. The molecule has 1 N–H and O–H groups in total. The predicted octanol–water partition coefficient (Wildman–Crippen LogP) is 2.26. The minimum absolute atomic E-state index is 0.158. The van der Waals surface area contributed by atoms with Crippen LogP contribution < -0.4 is 15.1 Å². The Kier molecular flexibility index (Phi) is 7.42. The average molecular weight is 440 g/mol. The van der Waals surface area contributed by atoms with Crippen molar-refractivity contribution in [2.75, 3.05) is 75.8 Å². The first-order valence-electron chi connectivity index (χ1n) is 11.5. The number of guanidine groups is 1. The summed E-state index contributed by atoms with van der Waals surface area (Å²) in [5, 5.41) is 3.41. The minimum atomic E-state index is -0.158. The molecule has 1 aromatic heterocycles. The van der Waals surface area contributed by atoms with E-state index in [1.807, 2.05) is 18.3 Å². The lowest BCUT2D eigenvalue weighted by Crippen LogP contribution is -2.52. The van der Waals surface area contributed by atoms with Gasteiger partial charge in [-0.15, -0.1) is 0 Å². The van der Waals surface area contributed by atoms with Crippen LogP contribution in [0, 0.1) is 5.82 Å². The summed E-state index contributed by atoms with van der Waals surface area (Å²) < 4.78 is 14.1. The average Bonchev–Trinajstić information content (AvgIpc) is 2.83. The van der Waals surface area contributed by atoms with Crippen LogP contribution in [0.4, 0.5) is 15.9 Å². The summed E-state index contributed by atoms with van der Waals surface area (Å²) in [5.74, 6) is 1.79. The molecule has 0 amide bonds. The molecule has 2 aliphatic rings. The number of piperazine rings is 2. The quantitative estimate of drug-likeness (QED) is 0.570. The number of halogens is 1. The van der Waals surface area contributed by atoms with E-state index in [1.54, 1.807) is 6.07 Å². The van der Waals surface area contributed by atoms with E-state index in [9.17, 15) is 4.39 Å². The van der Waals surface area contributed by atoms with Gasteiger partial charge in [0.05, 0.1) is 12.2 Å². The number of benzene rings is 1. The molecule has 172 valence electrons. The van der Waals surface area contributed by atoms with Crippen LogP contribution >= 0.6 is 0 Å². The zero-order valence-corrected chi connectivity index (χ0v) is 19.2. The summed E-state index contributed by atoms with van der Waals surface area (Å²) in [7, 11) is 2.16. The highest BCUT2D eigenvalue weighted by Crippen LogP contribution is 2.20. The van der Waals surface area contributed by atoms with Gasteiger partial charge >= 0.3 is 0 Å². The van der Waals surface area contributed by atoms with Crippen molar-refractivity contribution >= 4 is 17.5 Å². The van der Waals surface area contributed by atoms with Crippen LogP contribution in [0.2, 0.25) is 0 Å². The Morgan fingerprint density at radius 2 is 1.69 bits per heavy atom. The Morgan fingerprint density at radius 1 is 0.969 bits per heavy atom. The molecule has 3 heterocycles. The largest absolute Gasteiger partial charge is 0.366 e. The predicted molar refractivity (Wildman–Crippen MR) is 129 cm³/mol. The van der Waals surface area contributed by atoms with Crippen molar-refractivity contribution in [2.45, 2.75) is 13.5 Å². The van der Waals surface area contributed by atoms with Crippen molar-refractivity contribution in [2.24, 2.45) is 4.99 Å². The molecule has 1 aromatic carbocycles. The van der Waals surface area contributed by atoms with E-state index < -0.39 is 0 Å². The van der Waals surface area contributed by atoms with Gasteiger partial charge < -0.3 is 24.9 Å². The van der Waals surface area contributed by atoms with Gasteiger partial charge in [-0.3, -0.25) is 0 Å². The Labute approximate surface area is 190 Å². The first-order chi connectivity index (χ1) is 15.6. The van der Waals surface area contributed by atoms with Crippen molar-refractivity contribution in [1.29, 1.82) is 0 Å². The van der Waals surface area contributed by atoms with Crippen molar-refractivity contribution < 1.29 is 4.39 Å². The Bertz CT molecular complexity index is 885. The van der Waals surface area contributed by atoms with E-state index in [0.717, 1.165) is 76.2 Å².